The summed E-state index contributed by atoms with van der Waals surface area (Å²) >= 11 is 0. The van der Waals surface area contributed by atoms with Crippen LogP contribution in [0.5, 0.6) is 0 Å². The molecule has 27 heavy (non-hydrogen) atoms. The number of hydrogen-bond acceptors (Lipinski definition) is 6. The van der Waals surface area contributed by atoms with E-state index >= 15 is 0 Å². The lowest BCUT2D eigenvalue weighted by atomic mass is 10.2. The van der Waals surface area contributed by atoms with Crippen LogP contribution in [0.15, 0.2) is 30.3 Å². The minimum Gasteiger partial charge on any atom is -0.629 e. The third kappa shape index (κ3) is 9.11. The summed E-state index contributed by atoms with van der Waals surface area (Å²) in [5.74, 6) is -0.878. The van der Waals surface area contributed by atoms with Crippen LogP contribution in [0.2, 0.25) is 0 Å². The highest BCUT2D eigenvalue weighted by Gasteiger charge is 2.46. The highest BCUT2D eigenvalue weighted by Crippen LogP contribution is 2.65. The number of rotatable bonds is 16. The largest absolute Gasteiger partial charge is 0.629 e. The molecule has 0 saturated heterocycles. The molecule has 0 aliphatic rings. The van der Waals surface area contributed by atoms with Gasteiger partial charge in [-0.2, -0.15) is 0 Å². The van der Waals surface area contributed by atoms with Gasteiger partial charge in [0.2, 0.25) is 5.85 Å². The van der Waals surface area contributed by atoms with Crippen LogP contribution < -0.4 is 4.89 Å². The summed E-state index contributed by atoms with van der Waals surface area (Å²) in [5.41, 5.74) is 0.727. The summed E-state index contributed by atoms with van der Waals surface area (Å²) < 4.78 is 28.7. The number of hydrogen-bond donors (Lipinski definition) is 0. The zero-order valence-corrected chi connectivity index (χ0v) is 18.9. The van der Waals surface area contributed by atoms with Crippen molar-refractivity contribution in [1.29, 1.82) is 0 Å². The maximum Gasteiger partial charge on any atom is 0.581 e. The van der Waals surface area contributed by atoms with Crippen LogP contribution in [0.1, 0.15) is 64.8 Å². The van der Waals surface area contributed by atoms with Gasteiger partial charge in [-0.1, -0.05) is 56.5 Å². The molecular weight excluding hydrogens is 383 g/mol. The van der Waals surface area contributed by atoms with Crippen molar-refractivity contribution in [2.75, 3.05) is 26.4 Å². The van der Waals surface area contributed by atoms with Crippen molar-refractivity contribution in [1.82, 2.24) is 0 Å². The highest BCUT2D eigenvalue weighted by molar-refractivity contribution is 7.59. The van der Waals surface area contributed by atoms with Gasteiger partial charge in [-0.15, -0.1) is 0 Å². The maximum atomic E-state index is 13.6. The lowest BCUT2D eigenvalue weighted by Gasteiger charge is -2.34. The van der Waals surface area contributed by atoms with Crippen LogP contribution in [-0.2, 0) is 22.3 Å². The molecule has 0 aliphatic carbocycles. The first-order valence-electron chi connectivity index (χ1n) is 9.84. The van der Waals surface area contributed by atoms with Crippen LogP contribution in [0.3, 0.4) is 0 Å². The predicted octanol–water partition coefficient (Wildman–Crippen LogP) is 4.52. The van der Waals surface area contributed by atoms with E-state index < -0.39 is 23.3 Å². The van der Waals surface area contributed by atoms with E-state index in [0.717, 1.165) is 31.2 Å². The normalized spacial score (nSPS) is 15.0. The first-order chi connectivity index (χ1) is 13.1. The number of unbranched alkanes of at least 4 members (excludes halogenated alkanes) is 3. The molecular formula is C19H34O6PSi. The zero-order valence-electron chi connectivity index (χ0n) is 17.0. The van der Waals surface area contributed by atoms with E-state index in [1.54, 1.807) is 6.92 Å². The summed E-state index contributed by atoms with van der Waals surface area (Å²) in [5, 5.41) is 0. The molecule has 1 aromatic carbocycles. The molecule has 0 aliphatic heterocycles. The molecule has 0 heterocycles. The van der Waals surface area contributed by atoms with E-state index in [4.69, 9.17) is 22.3 Å². The quantitative estimate of drug-likeness (QED) is 0.224. The number of benzene rings is 1. The van der Waals surface area contributed by atoms with Crippen LogP contribution in [0.4, 0.5) is 0 Å². The first-order valence-corrected chi connectivity index (χ1v) is 12.7. The monoisotopic (exact) mass is 417 g/mol. The van der Waals surface area contributed by atoms with E-state index in [1.165, 1.54) is 0 Å². The second kappa shape index (κ2) is 14.6. The summed E-state index contributed by atoms with van der Waals surface area (Å²) in [7, 11) is -5.62. The molecule has 0 N–H and O–H groups in total. The van der Waals surface area contributed by atoms with Crippen molar-refractivity contribution in [3.8, 4) is 0 Å². The molecule has 0 fully saturated rings. The van der Waals surface area contributed by atoms with Crippen molar-refractivity contribution in [3.05, 3.63) is 35.9 Å². The molecule has 1 aromatic rings. The van der Waals surface area contributed by atoms with Crippen molar-refractivity contribution in [2.24, 2.45) is 0 Å². The third-order valence-electron chi connectivity index (χ3n) is 3.68. The molecule has 2 atom stereocenters. The Bertz CT molecular complexity index is 475. The van der Waals surface area contributed by atoms with E-state index in [-0.39, 0.29) is 6.61 Å². The maximum absolute atomic E-state index is 13.6. The van der Waals surface area contributed by atoms with Gasteiger partial charge in [0.15, 0.2) is 0 Å². The predicted molar refractivity (Wildman–Crippen MR) is 108 cm³/mol. The molecule has 1 rings (SSSR count). The SMILES string of the molecule is CCCCCCO[P+]([O-])(OCC)C(O[Si](OCC)OCC)c1ccccc1. The van der Waals surface area contributed by atoms with Gasteiger partial charge < -0.3 is 18.2 Å². The Balaban J connectivity index is 2.99. The van der Waals surface area contributed by atoms with E-state index in [1.807, 2.05) is 44.2 Å². The zero-order chi connectivity index (χ0) is 20.0. The molecule has 1 radical (unpaired) electrons. The van der Waals surface area contributed by atoms with E-state index in [0.29, 0.717) is 19.8 Å². The Morgan fingerprint density at radius 1 is 0.889 bits per heavy atom. The average Bonchev–Trinajstić information content (AvgIpc) is 2.67. The van der Waals surface area contributed by atoms with Gasteiger partial charge >= 0.3 is 9.53 Å². The molecule has 2 unspecified atom stereocenters. The van der Waals surface area contributed by atoms with Gasteiger partial charge in [-0.3, -0.25) is 0 Å². The summed E-state index contributed by atoms with van der Waals surface area (Å²) in [4.78, 5) is 13.6. The lowest BCUT2D eigenvalue weighted by molar-refractivity contribution is -0.229. The second-order valence-electron chi connectivity index (χ2n) is 5.85. The Hall–Kier alpha value is -0.373. The van der Waals surface area contributed by atoms with Crippen molar-refractivity contribution in [3.63, 3.8) is 0 Å². The molecule has 0 saturated carbocycles. The molecule has 155 valence electrons. The summed E-state index contributed by atoms with van der Waals surface area (Å²) in [6.45, 7) is 9.23. The van der Waals surface area contributed by atoms with Crippen LogP contribution >= 0.6 is 7.94 Å². The highest BCUT2D eigenvalue weighted by atomic mass is 31.2. The molecule has 0 spiro atoms. The fourth-order valence-electron chi connectivity index (χ4n) is 2.44. The van der Waals surface area contributed by atoms with Gasteiger partial charge in [0, 0.05) is 18.8 Å². The fourth-order valence-corrected chi connectivity index (χ4v) is 5.85. The standard InChI is InChI=1S/C19H34O6PSi/c1-5-9-10-14-17-22-26(20,21-6-2)19(18-15-12-11-13-16-18)25-27(23-7-3)24-8-4/h11-13,15-16,19H,5-10,14,17H2,1-4H3. The summed E-state index contributed by atoms with van der Waals surface area (Å²) in [6.07, 6.45) is 4.13. The fraction of sp³-hybridized carbons (Fsp3) is 0.684. The van der Waals surface area contributed by atoms with E-state index in [9.17, 15) is 4.89 Å². The van der Waals surface area contributed by atoms with Crippen molar-refractivity contribution in [2.45, 2.75) is 59.2 Å². The molecule has 0 aromatic heterocycles. The smallest absolute Gasteiger partial charge is 0.581 e. The molecule has 0 amide bonds. The van der Waals surface area contributed by atoms with Gasteiger partial charge in [0.1, 0.15) is 0 Å². The van der Waals surface area contributed by atoms with E-state index in [2.05, 4.69) is 6.92 Å². The Labute approximate surface area is 166 Å². The van der Waals surface area contributed by atoms with Crippen molar-refractivity contribution >= 4 is 17.5 Å². The van der Waals surface area contributed by atoms with Gasteiger partial charge in [0.25, 0.3) is 7.94 Å². The molecule has 0 bridgehead atoms. The third-order valence-corrected chi connectivity index (χ3v) is 7.50. The van der Waals surface area contributed by atoms with Gasteiger partial charge in [0.05, 0.1) is 13.2 Å². The Morgan fingerprint density at radius 3 is 2.11 bits per heavy atom. The average molecular weight is 418 g/mol. The minimum atomic E-state index is -3.56. The molecule has 6 nitrogen and oxygen atoms in total. The minimum absolute atomic E-state index is 0.268. The van der Waals surface area contributed by atoms with Gasteiger partial charge in [-0.05, 0) is 27.2 Å². The Morgan fingerprint density at radius 2 is 1.56 bits per heavy atom. The summed E-state index contributed by atoms with van der Waals surface area (Å²) in [6, 6.07) is 9.35. The molecule has 8 heteroatoms. The van der Waals surface area contributed by atoms with Crippen LogP contribution in [0.25, 0.3) is 0 Å². The van der Waals surface area contributed by atoms with Crippen LogP contribution in [0, 0.1) is 0 Å². The topological polar surface area (TPSA) is 69.2 Å². The van der Waals surface area contributed by atoms with Crippen LogP contribution in [-0.4, -0.2) is 36.0 Å². The van der Waals surface area contributed by atoms with Gasteiger partial charge in [-0.25, -0.2) is 9.05 Å². The Kier molecular flexibility index (Phi) is 13.3. The second-order valence-corrected chi connectivity index (χ2v) is 9.23. The lowest BCUT2D eigenvalue weighted by Crippen LogP contribution is -2.33. The first kappa shape index (κ1) is 24.7. The van der Waals surface area contributed by atoms with Crippen molar-refractivity contribution < 1.29 is 27.2 Å².